The first-order valence-electron chi connectivity index (χ1n) is 3.42. The zero-order valence-corrected chi connectivity index (χ0v) is 9.43. The molecule has 0 bridgehead atoms. The molecule has 7 heteroatoms. The summed E-state index contributed by atoms with van der Waals surface area (Å²) in [6.45, 7) is 3.98. The van der Waals surface area contributed by atoms with Crippen molar-refractivity contribution in [1.29, 1.82) is 0 Å². The third-order valence-electron chi connectivity index (χ3n) is 0.826. The van der Waals surface area contributed by atoms with E-state index in [-0.39, 0.29) is 17.5 Å². The van der Waals surface area contributed by atoms with Crippen LogP contribution >= 0.6 is 20.0 Å². The molecule has 0 atom stereocenters. The summed E-state index contributed by atoms with van der Waals surface area (Å²) in [6, 6.07) is 0. The lowest BCUT2D eigenvalue weighted by atomic mass is 10.9. The molecule has 0 heterocycles. The Morgan fingerprint density at radius 3 is 2.17 bits per heavy atom. The van der Waals surface area contributed by atoms with Gasteiger partial charge in [-0.1, -0.05) is 4.32 Å². The molecule has 0 aromatic carbocycles. The van der Waals surface area contributed by atoms with Gasteiger partial charge >= 0.3 is 7.75 Å². The molecule has 1 N–H and O–H groups in total. The lowest BCUT2D eigenvalue weighted by Crippen LogP contribution is -2.18. The van der Waals surface area contributed by atoms with E-state index in [0.29, 0.717) is 0 Å². The summed E-state index contributed by atoms with van der Waals surface area (Å²) in [5, 5.41) is 2.32. The highest BCUT2D eigenvalue weighted by Gasteiger charge is 2.21. The Morgan fingerprint density at radius 1 is 1.50 bits per heavy atom. The zero-order chi connectivity index (χ0) is 9.61. The van der Waals surface area contributed by atoms with E-state index in [1.165, 1.54) is 0 Å². The van der Waals surface area contributed by atoms with Crippen molar-refractivity contribution in [3.8, 4) is 0 Å². The second kappa shape index (κ2) is 5.83. The molecule has 12 heavy (non-hydrogen) atoms. The van der Waals surface area contributed by atoms with Crippen molar-refractivity contribution in [2.45, 2.75) is 13.8 Å². The van der Waals surface area contributed by atoms with Gasteiger partial charge in [-0.2, -0.15) is 0 Å². The maximum atomic E-state index is 11.5. The van der Waals surface area contributed by atoms with Crippen LogP contribution < -0.4 is 5.09 Å². The highest BCUT2D eigenvalue weighted by Crippen LogP contribution is 2.43. The minimum Gasteiger partial charge on any atom is -0.411 e. The summed E-state index contributed by atoms with van der Waals surface area (Å²) < 4.78 is 21.2. The first-order valence-corrected chi connectivity index (χ1v) is 5.78. The van der Waals surface area contributed by atoms with Crippen molar-refractivity contribution in [3.05, 3.63) is 0 Å². The van der Waals surface area contributed by atoms with Crippen molar-refractivity contribution < 1.29 is 13.6 Å². The summed E-state index contributed by atoms with van der Waals surface area (Å²) >= 11 is 9.09. The van der Waals surface area contributed by atoms with Crippen LogP contribution in [0.2, 0.25) is 0 Å². The molecular formula is C5H11NO3PS2-. The first kappa shape index (κ1) is 12.3. The van der Waals surface area contributed by atoms with E-state index in [1.807, 2.05) is 0 Å². The molecule has 0 rings (SSSR count). The summed E-state index contributed by atoms with van der Waals surface area (Å²) in [4.78, 5) is 0. The Morgan fingerprint density at radius 2 is 1.92 bits per heavy atom. The summed E-state index contributed by atoms with van der Waals surface area (Å²) in [7, 11) is -3.27. The van der Waals surface area contributed by atoms with E-state index in [0.717, 1.165) is 0 Å². The largest absolute Gasteiger partial charge is 0.431 e. The second-order valence-corrected chi connectivity index (χ2v) is 4.54. The summed E-state index contributed by atoms with van der Waals surface area (Å²) in [6.07, 6.45) is 0. The van der Waals surface area contributed by atoms with Crippen molar-refractivity contribution in [2.75, 3.05) is 13.2 Å². The van der Waals surface area contributed by atoms with Crippen LogP contribution in [0, 0.1) is 0 Å². The molecule has 0 radical (unpaired) electrons. The van der Waals surface area contributed by atoms with Crippen LogP contribution in [-0.2, 0) is 26.2 Å². The van der Waals surface area contributed by atoms with Gasteiger partial charge in [-0.3, -0.25) is 9.05 Å². The third-order valence-corrected chi connectivity index (χ3v) is 3.03. The van der Waals surface area contributed by atoms with Gasteiger partial charge in [0.15, 0.2) is 0 Å². The molecule has 0 amide bonds. The topological polar surface area (TPSA) is 47.6 Å². The molecule has 72 valence electrons. The fourth-order valence-electron chi connectivity index (χ4n) is 0.554. The number of nitrogens with one attached hydrogen (secondary N) is 1. The van der Waals surface area contributed by atoms with E-state index in [2.05, 4.69) is 29.9 Å². The van der Waals surface area contributed by atoms with E-state index in [1.54, 1.807) is 13.8 Å². The van der Waals surface area contributed by atoms with Gasteiger partial charge in [0.1, 0.15) is 0 Å². The van der Waals surface area contributed by atoms with Gasteiger partial charge in [0.25, 0.3) is 0 Å². The van der Waals surface area contributed by atoms with Crippen molar-refractivity contribution in [1.82, 2.24) is 5.09 Å². The van der Waals surface area contributed by atoms with Gasteiger partial charge in [-0.05, 0) is 13.8 Å². The standard InChI is InChI=1S/C5H12NO3PS2/c1-3-8-10(7,9-4-2)6-5(11)12/h3-4H2,1-2H3,(H2,6,7,11,12)/p-1. The van der Waals surface area contributed by atoms with E-state index in [9.17, 15) is 4.57 Å². The fraction of sp³-hybridized carbons (Fsp3) is 0.800. The normalized spacial score (nSPS) is 11.2. The minimum atomic E-state index is -3.27. The lowest BCUT2D eigenvalue weighted by molar-refractivity contribution is 0.216. The molecule has 0 spiro atoms. The van der Waals surface area contributed by atoms with Gasteiger partial charge in [0, 0.05) is 0 Å². The molecular weight excluding hydrogens is 217 g/mol. The number of hydrogen-bond donors (Lipinski definition) is 1. The highest BCUT2D eigenvalue weighted by atomic mass is 32.1. The summed E-state index contributed by atoms with van der Waals surface area (Å²) in [5.74, 6) is 0. The van der Waals surface area contributed by atoms with Crippen molar-refractivity contribution in [3.63, 3.8) is 0 Å². The van der Waals surface area contributed by atoms with Crippen molar-refractivity contribution in [2.24, 2.45) is 0 Å². The lowest BCUT2D eigenvalue weighted by Gasteiger charge is -2.20. The molecule has 0 unspecified atom stereocenters. The maximum absolute atomic E-state index is 11.5. The molecule has 4 nitrogen and oxygen atoms in total. The van der Waals surface area contributed by atoms with E-state index < -0.39 is 7.75 Å². The van der Waals surface area contributed by atoms with Crippen LogP contribution in [0.1, 0.15) is 13.8 Å². The number of rotatable bonds is 5. The molecule has 0 aliphatic carbocycles. The smallest absolute Gasteiger partial charge is 0.411 e. The first-order chi connectivity index (χ1) is 5.54. The van der Waals surface area contributed by atoms with Crippen LogP contribution in [0.5, 0.6) is 0 Å². The Kier molecular flexibility index (Phi) is 5.96. The van der Waals surface area contributed by atoms with Gasteiger partial charge < -0.3 is 29.9 Å². The van der Waals surface area contributed by atoms with Gasteiger partial charge in [-0.25, -0.2) is 4.57 Å². The molecule has 0 aliphatic heterocycles. The monoisotopic (exact) mass is 228 g/mol. The number of thiocarbonyl (C=S) groups is 1. The maximum Gasteiger partial charge on any atom is 0.431 e. The molecule has 0 aromatic rings. The van der Waals surface area contributed by atoms with Gasteiger partial charge in [0.05, 0.1) is 13.2 Å². The molecule has 0 saturated heterocycles. The van der Waals surface area contributed by atoms with Crippen LogP contribution in [0.15, 0.2) is 0 Å². The van der Waals surface area contributed by atoms with E-state index in [4.69, 9.17) is 9.05 Å². The Hall–Kier alpha value is 0.260. The van der Waals surface area contributed by atoms with Crippen molar-refractivity contribution >= 4 is 36.9 Å². The Bertz CT molecular complexity index is 189. The predicted octanol–water partition coefficient (Wildman–Crippen LogP) is 1.59. The van der Waals surface area contributed by atoms with Gasteiger partial charge in [0.2, 0.25) is 0 Å². The minimum absolute atomic E-state index is 0.0137. The average Bonchev–Trinajstić information content (AvgIpc) is 1.85. The van der Waals surface area contributed by atoms with E-state index >= 15 is 0 Å². The molecule has 0 aromatic heterocycles. The van der Waals surface area contributed by atoms with Gasteiger partial charge in [-0.15, -0.1) is 0 Å². The fourth-order valence-corrected chi connectivity index (χ4v) is 2.33. The quantitative estimate of drug-likeness (QED) is 0.438. The zero-order valence-electron chi connectivity index (χ0n) is 6.90. The second-order valence-electron chi connectivity index (χ2n) is 1.73. The SMILES string of the molecule is CCOP(=O)(NC(=S)[S-])OCC. The predicted molar refractivity (Wildman–Crippen MR) is 54.0 cm³/mol. The van der Waals surface area contributed by atoms with Crippen LogP contribution in [0.4, 0.5) is 0 Å². The number of hydrogen-bond acceptors (Lipinski definition) is 5. The molecule has 0 aliphatic rings. The summed E-state index contributed by atoms with van der Waals surface area (Å²) in [5.41, 5.74) is 0. The van der Waals surface area contributed by atoms with Crippen LogP contribution in [0.25, 0.3) is 0 Å². The molecule has 0 saturated carbocycles. The van der Waals surface area contributed by atoms with Crippen LogP contribution in [-0.4, -0.2) is 17.5 Å². The Labute approximate surface area is 83.0 Å². The average molecular weight is 228 g/mol. The Balaban J connectivity index is 4.18. The highest BCUT2D eigenvalue weighted by molar-refractivity contribution is 8.01. The molecule has 0 fully saturated rings. The third kappa shape index (κ3) is 5.00. The van der Waals surface area contributed by atoms with Crippen LogP contribution in [0.3, 0.4) is 0 Å².